The smallest absolute Gasteiger partial charge is 0.303 e. The minimum atomic E-state index is -1.75. The largest absolute Gasteiger partial charge is 0.463 e. The predicted molar refractivity (Wildman–Crippen MR) is 491 cm³/mol. The van der Waals surface area contributed by atoms with E-state index in [0.29, 0.717) is 66.6 Å². The molecule has 144 heavy (non-hydrogen) atoms. The summed E-state index contributed by atoms with van der Waals surface area (Å²) in [6, 6.07) is 32.4. The van der Waals surface area contributed by atoms with E-state index >= 15 is 0 Å². The molecular formula is C100H102N4O40. The Morgan fingerprint density at radius 1 is 0.229 bits per heavy atom. The van der Waals surface area contributed by atoms with Crippen molar-refractivity contribution in [2.75, 3.05) is 26.4 Å². The molecule has 4 aromatic carbocycles. The molecule has 13 rings (SSSR count). The highest BCUT2D eigenvalue weighted by Gasteiger charge is 2.58. The molecule has 8 bridgehead atoms. The molecule has 4 saturated heterocycles. The van der Waals surface area contributed by atoms with Gasteiger partial charge in [0.1, 0.15) is 73.8 Å². The van der Waals surface area contributed by atoms with Crippen LogP contribution in [-0.4, -0.2) is 265 Å². The maximum Gasteiger partial charge on any atom is 0.303 e. The number of hydrogen-bond acceptors (Lipinski definition) is 42. The van der Waals surface area contributed by atoms with Crippen LogP contribution in [0.3, 0.4) is 0 Å². The lowest BCUT2D eigenvalue weighted by Gasteiger charge is -2.43. The first-order valence-corrected chi connectivity index (χ1v) is 44.9. The average Bonchev–Trinajstić information content (AvgIpc) is 1.62. The van der Waals surface area contributed by atoms with Gasteiger partial charge in [0.25, 0.3) is 0 Å². The second kappa shape index (κ2) is 46.6. The van der Waals surface area contributed by atoms with E-state index in [-0.39, 0.29) is 45.8 Å². The van der Waals surface area contributed by atoms with E-state index in [1.54, 1.807) is 121 Å². The van der Waals surface area contributed by atoms with Crippen LogP contribution in [0.2, 0.25) is 0 Å². The summed E-state index contributed by atoms with van der Waals surface area (Å²) in [4.78, 5) is 225. The highest BCUT2D eigenvalue weighted by molar-refractivity contribution is 6.00. The van der Waals surface area contributed by atoms with Crippen LogP contribution in [0.15, 0.2) is 121 Å². The van der Waals surface area contributed by atoms with E-state index in [9.17, 15) is 76.7 Å². The lowest BCUT2D eigenvalue weighted by Crippen LogP contribution is -2.63. The topological polar surface area (TPSA) is 552 Å². The van der Waals surface area contributed by atoms with E-state index in [0.717, 1.165) is 111 Å². The van der Waals surface area contributed by atoms with Gasteiger partial charge in [-0.25, -0.2) is 9.97 Å². The fourth-order valence-corrected chi connectivity index (χ4v) is 17.0. The fraction of sp³-hybridized carbons (Fsp3) is 0.400. The predicted octanol–water partition coefficient (Wildman–Crippen LogP) is 9.17. The van der Waals surface area contributed by atoms with Crippen molar-refractivity contribution in [3.8, 4) is 67.5 Å². The van der Waals surface area contributed by atoms with Gasteiger partial charge in [-0.3, -0.25) is 76.7 Å². The van der Waals surface area contributed by atoms with Crippen molar-refractivity contribution in [3.05, 3.63) is 144 Å². The monoisotopic (exact) mass is 2000 g/mol. The number of aromatic nitrogens is 4. The van der Waals surface area contributed by atoms with Gasteiger partial charge < -0.3 is 124 Å². The molecule has 4 fully saturated rings. The van der Waals surface area contributed by atoms with Crippen molar-refractivity contribution in [1.29, 1.82) is 0 Å². The Balaban J connectivity index is 1.08. The number of carbonyl (C=O) groups is 16. The summed E-state index contributed by atoms with van der Waals surface area (Å²) < 4.78 is 143. The molecule has 3 aromatic heterocycles. The minimum absolute atomic E-state index is 0.0228. The van der Waals surface area contributed by atoms with Crippen molar-refractivity contribution in [1.82, 2.24) is 19.9 Å². The van der Waals surface area contributed by atoms with Gasteiger partial charge in [-0.15, -0.1) is 0 Å². The number of fused-ring (bicyclic) bond motifs is 8. The van der Waals surface area contributed by atoms with E-state index in [1.807, 2.05) is 0 Å². The number of aromatic amines is 2. The van der Waals surface area contributed by atoms with Gasteiger partial charge in [-0.2, -0.15) is 0 Å². The summed E-state index contributed by atoms with van der Waals surface area (Å²) in [6.07, 6.45) is -25.7. The Morgan fingerprint density at radius 2 is 0.403 bits per heavy atom. The van der Waals surface area contributed by atoms with Crippen molar-refractivity contribution >= 4 is 142 Å². The molecule has 6 aliphatic heterocycles. The SMILES string of the molecule is CC(=O)OC[C@H]1O[C@@H](Oc2cccc(-c3c4nc(c(-c5cccc(O[C@@H]6O[C@H](COC(C)=O)[C@H](OC(C)=O)[C@H](OC(C)=O)[C@H]6OC(C)=O)c5)c5ccc([nH]5)c(-c5cccc(O[C@@H]6O[C@H](COC(C)=O)[C@H](OC(C)=O)[C@H](OC(C)=O)[C@H]6OC(C)=O)c5)c5nc(c(-c6cccc(O[C@@H]7O[C@H](COC(C)=O)[C@H](OC(C)=O)[C@H](OC(C)=O)[C@H]7OC(C)=O)c6)c6ccc3[nH]6)C=C5)C=C4)c2)[C@H](OC(C)=O)[C@@H](OC(C)=O)[C@H]1OC(C)=O. The molecular weight excluding hydrogens is 1900 g/mol. The molecule has 44 nitrogen and oxygen atoms in total. The second-order valence-electron chi connectivity index (χ2n) is 33.4. The Bertz CT molecular complexity index is 5630. The van der Waals surface area contributed by atoms with Crippen molar-refractivity contribution in [3.63, 3.8) is 0 Å². The van der Waals surface area contributed by atoms with Crippen molar-refractivity contribution < 1.29 is 190 Å². The Labute approximate surface area is 820 Å². The number of rotatable bonds is 32. The fourth-order valence-electron chi connectivity index (χ4n) is 17.0. The van der Waals surface area contributed by atoms with Crippen molar-refractivity contribution in [2.24, 2.45) is 0 Å². The first-order chi connectivity index (χ1) is 68.5. The zero-order chi connectivity index (χ0) is 104. The van der Waals surface area contributed by atoms with Crippen LogP contribution >= 0.6 is 0 Å². The van der Waals surface area contributed by atoms with E-state index < -0.39 is 245 Å². The van der Waals surface area contributed by atoms with Crippen LogP contribution in [0.1, 0.15) is 134 Å². The average molecular weight is 2000 g/mol. The number of hydrogen-bond donors (Lipinski definition) is 2. The molecule has 2 N–H and O–H groups in total. The Morgan fingerprint density at radius 3 is 0.576 bits per heavy atom. The molecule has 0 amide bonds. The lowest BCUT2D eigenvalue weighted by atomic mass is 9.98. The maximum absolute atomic E-state index is 13.2. The van der Waals surface area contributed by atoms with E-state index in [1.165, 1.54) is 24.3 Å². The molecule has 0 aliphatic carbocycles. The highest BCUT2D eigenvalue weighted by Crippen LogP contribution is 2.45. The van der Waals surface area contributed by atoms with Crippen LogP contribution in [0.25, 0.3) is 90.9 Å². The summed E-state index contributed by atoms with van der Waals surface area (Å²) in [5.74, 6) is -14.1. The third-order valence-electron chi connectivity index (χ3n) is 22.0. The van der Waals surface area contributed by atoms with Crippen LogP contribution < -0.4 is 18.9 Å². The summed E-state index contributed by atoms with van der Waals surface area (Å²) in [7, 11) is 0. The molecule has 9 heterocycles. The van der Waals surface area contributed by atoms with Gasteiger partial charge in [-0.1, -0.05) is 48.5 Å². The van der Waals surface area contributed by atoms with Gasteiger partial charge in [0.2, 0.25) is 49.6 Å². The number of esters is 16. The molecule has 0 unspecified atom stereocenters. The van der Waals surface area contributed by atoms with Crippen LogP contribution in [0.4, 0.5) is 0 Å². The number of nitrogens with zero attached hydrogens (tertiary/aromatic N) is 2. The lowest BCUT2D eigenvalue weighted by molar-refractivity contribution is -0.288. The number of ether oxygens (including phenoxy) is 24. The van der Waals surface area contributed by atoms with Gasteiger partial charge in [0, 0.05) is 155 Å². The summed E-state index contributed by atoms with van der Waals surface area (Å²) in [5, 5.41) is 0. The zero-order valence-electron chi connectivity index (χ0n) is 80.5. The number of H-pyrrole nitrogens is 2. The molecule has 7 aromatic rings. The van der Waals surface area contributed by atoms with Crippen LogP contribution in [0.5, 0.6) is 23.0 Å². The summed E-state index contributed by atoms with van der Waals surface area (Å²) in [5.41, 5.74) is 4.49. The third kappa shape index (κ3) is 26.6. The quantitative estimate of drug-likeness (QED) is 0.0293. The minimum Gasteiger partial charge on any atom is -0.463 e. The van der Waals surface area contributed by atoms with Crippen molar-refractivity contribution in [2.45, 2.75) is 234 Å². The Hall–Kier alpha value is -16.0. The summed E-state index contributed by atoms with van der Waals surface area (Å²) in [6.45, 7) is 14.8. The van der Waals surface area contributed by atoms with Crippen LogP contribution in [0, 0.1) is 0 Å². The molecule has 6 aliphatic rings. The number of benzene rings is 4. The van der Waals surface area contributed by atoms with Crippen LogP contribution in [-0.2, 0) is 171 Å². The molecule has 0 spiro atoms. The third-order valence-corrected chi connectivity index (χ3v) is 22.0. The maximum atomic E-state index is 13.2. The molecule has 44 heteroatoms. The summed E-state index contributed by atoms with van der Waals surface area (Å²) >= 11 is 0. The van der Waals surface area contributed by atoms with Gasteiger partial charge in [0.15, 0.2) is 48.8 Å². The zero-order valence-corrected chi connectivity index (χ0v) is 80.5. The van der Waals surface area contributed by atoms with Gasteiger partial charge in [0.05, 0.1) is 22.8 Å². The van der Waals surface area contributed by atoms with E-state index in [2.05, 4.69) is 9.97 Å². The van der Waals surface area contributed by atoms with Gasteiger partial charge in [-0.05, 0) is 119 Å². The molecule has 762 valence electrons. The number of carbonyl (C=O) groups excluding carboxylic acids is 16. The normalized spacial score (nSPS) is 23.9. The molecule has 20 atom stereocenters. The first-order valence-electron chi connectivity index (χ1n) is 44.9. The first kappa shape index (κ1) is 105. The second-order valence-corrected chi connectivity index (χ2v) is 33.4. The highest BCUT2D eigenvalue weighted by atomic mass is 16.8. The molecule has 0 radical (unpaired) electrons. The number of nitrogens with one attached hydrogen (secondary N) is 2. The van der Waals surface area contributed by atoms with E-state index in [4.69, 9.17) is 124 Å². The molecule has 0 saturated carbocycles. The Kier molecular flexibility index (Phi) is 34.1. The van der Waals surface area contributed by atoms with Gasteiger partial charge >= 0.3 is 95.5 Å². The standard InChI is InChI=1S/C100H102N4O40/c1-45(105)121-41-77-85(125-49(5)109)89(129-53(9)113)93(133-57(13)117)97(141-77)137-65-25-17-21-61(37-65)81-69-29-31-71(101-69)82(62-22-18-26-66(38-62)138-98-94(134-58(14)118)90(130-54(10)114)86(126-50(6)110)78(142-98)42-122-46(2)106)73-33-35-75(103-73)84(64-24-20-28-68(40-64)140-100-96(136-60(16)120)92(132-56(12)116)88(128-52(8)112)80(144-100)44-124-48(4)108)76-36-34-74(104-76)83(72-32-30-70(81)102-72)63-23-19-27-67(39-63)139-99-95(135-59(15)119)91(131-55(11)115)87(127-51(7)111)79(143-99)43-123-47(3)107/h17-40,77-80,85-101,104H,41-44H2,1-16H3/t77-,78-,79-,80-,85+,86+,87+,88+,89+,90+,91+,92+,93-,94-,95-,96-,97-,98-,99-,100-/m1/s1.